The van der Waals surface area contributed by atoms with Gasteiger partial charge in [0.05, 0.1) is 22.0 Å². The Balaban J connectivity index is 1.69. The van der Waals surface area contributed by atoms with Crippen LogP contribution in [0.2, 0.25) is 0 Å². The van der Waals surface area contributed by atoms with Gasteiger partial charge in [0.15, 0.2) is 5.69 Å². The molecule has 0 spiro atoms. The molecule has 0 N–H and O–H groups in total. The third kappa shape index (κ3) is 3.90. The predicted octanol–water partition coefficient (Wildman–Crippen LogP) is 6.44. The molecule has 0 saturated carbocycles. The first kappa shape index (κ1) is 24.9. The monoisotopic (exact) mass is 537 g/mol. The van der Waals surface area contributed by atoms with Gasteiger partial charge < -0.3 is 0 Å². The van der Waals surface area contributed by atoms with E-state index in [2.05, 4.69) is 9.97 Å². The Labute approximate surface area is 226 Å². The number of anilines is 1. The number of hydrogen-bond acceptors (Lipinski definition) is 6. The van der Waals surface area contributed by atoms with Crippen molar-refractivity contribution in [1.29, 1.82) is 0 Å². The zero-order valence-electron chi connectivity index (χ0n) is 21.6. The number of hydrogen-bond donors (Lipinski definition) is 0. The molecule has 0 aliphatic carbocycles. The molecule has 1 unspecified atom stereocenters. The van der Waals surface area contributed by atoms with Gasteiger partial charge >= 0.3 is 16.1 Å². The van der Waals surface area contributed by atoms with Gasteiger partial charge in [-0.05, 0) is 58.7 Å². The van der Waals surface area contributed by atoms with Gasteiger partial charge in [-0.1, -0.05) is 48.0 Å². The van der Waals surface area contributed by atoms with E-state index in [1.807, 2.05) is 56.3 Å². The average molecular weight is 538 g/mol. The van der Waals surface area contributed by atoms with Crippen LogP contribution in [0, 0.1) is 13.8 Å². The maximum Gasteiger partial charge on any atom is 0.468 e. The molecule has 194 valence electrons. The Morgan fingerprint density at radius 3 is 2.36 bits per heavy atom. The highest BCUT2D eigenvalue weighted by Crippen LogP contribution is 2.53. The van der Waals surface area contributed by atoms with E-state index < -0.39 is 20.8 Å². The van der Waals surface area contributed by atoms with E-state index in [4.69, 9.17) is 4.28 Å². The summed E-state index contributed by atoms with van der Waals surface area (Å²) in [4.78, 5) is 24.4. The van der Waals surface area contributed by atoms with Gasteiger partial charge in [0.25, 0.3) is 0 Å². The van der Waals surface area contributed by atoms with E-state index in [0.29, 0.717) is 33.5 Å². The molecule has 1 atom stereocenters. The number of benzene rings is 3. The number of fused-ring (bicyclic) bond motifs is 3. The van der Waals surface area contributed by atoms with Crippen molar-refractivity contribution in [2.75, 3.05) is 11.9 Å². The lowest BCUT2D eigenvalue weighted by Gasteiger charge is -2.28. The Morgan fingerprint density at radius 2 is 1.64 bits per heavy atom. The number of quaternary nitrogens is 1. The molecule has 6 rings (SSSR count). The van der Waals surface area contributed by atoms with Crippen LogP contribution in [0.25, 0.3) is 22.0 Å². The average Bonchev–Trinajstić information content (AvgIpc) is 3.16. The molecule has 39 heavy (non-hydrogen) atoms. The van der Waals surface area contributed by atoms with Crippen molar-refractivity contribution < 1.29 is 17.5 Å². The van der Waals surface area contributed by atoms with Crippen molar-refractivity contribution in [3.63, 3.8) is 0 Å². The fourth-order valence-electron chi connectivity index (χ4n) is 5.01. The lowest BCUT2D eigenvalue weighted by molar-refractivity contribution is 0.0634. The van der Waals surface area contributed by atoms with Crippen molar-refractivity contribution in [1.82, 2.24) is 14.6 Å². The zero-order valence-corrected chi connectivity index (χ0v) is 22.4. The molecule has 5 aromatic rings. The summed E-state index contributed by atoms with van der Waals surface area (Å²) in [7, 11) is -2.82. The molecule has 1 aliphatic rings. The minimum Gasteiger partial charge on any atom is -0.264 e. The van der Waals surface area contributed by atoms with Gasteiger partial charge in [-0.3, -0.25) is 14.9 Å². The summed E-state index contributed by atoms with van der Waals surface area (Å²) in [5.41, 5.74) is 5.13. The van der Waals surface area contributed by atoms with Gasteiger partial charge in [-0.15, -0.1) is 0 Å². The van der Waals surface area contributed by atoms with E-state index >= 15 is 0 Å². The van der Waals surface area contributed by atoms with Gasteiger partial charge in [-0.2, -0.15) is 8.42 Å². The summed E-state index contributed by atoms with van der Waals surface area (Å²) in [6, 6.07) is 22.4. The third-order valence-corrected chi connectivity index (χ3v) is 8.29. The summed E-state index contributed by atoms with van der Waals surface area (Å²) in [6.45, 7) is 3.69. The number of para-hydroxylation sites is 1. The number of carbonyl (C=O) groups excluding carboxylic acids is 1. The van der Waals surface area contributed by atoms with Crippen molar-refractivity contribution in [2.24, 2.45) is 0 Å². The van der Waals surface area contributed by atoms with E-state index in [0.717, 1.165) is 16.7 Å². The van der Waals surface area contributed by atoms with Gasteiger partial charge in [0.2, 0.25) is 5.69 Å². The number of nitrogens with zero attached hydrogens (tertiary/aromatic N) is 4. The van der Waals surface area contributed by atoms with Crippen molar-refractivity contribution >= 4 is 44.1 Å². The minimum atomic E-state index is -4.42. The molecule has 3 heterocycles. The third-order valence-electron chi connectivity index (χ3n) is 7.02. The van der Waals surface area contributed by atoms with E-state index in [9.17, 15) is 13.2 Å². The van der Waals surface area contributed by atoms with Crippen LogP contribution < -0.4 is 9.55 Å². The maximum absolute atomic E-state index is 14.3. The second-order valence-electron chi connectivity index (χ2n) is 9.54. The molecule has 2 amide bonds. The van der Waals surface area contributed by atoms with Crippen LogP contribution in [-0.2, 0) is 14.4 Å². The molecule has 3 aromatic carbocycles. The standard InChI is InChI=1S/C30H25N4O4S/c1-20-10-13-24(14-11-20)39(36,37)38-34(28-9-5-4-7-21(28)2)29-25-17-22(23-8-6-16-31-18-23)12-15-26(25)32-19-27(29)33(3)30(34)35/h4-19H,1-3H3/q+1. The molecule has 0 saturated heterocycles. The smallest absolute Gasteiger partial charge is 0.264 e. The van der Waals surface area contributed by atoms with Crippen LogP contribution in [0.3, 0.4) is 0 Å². The van der Waals surface area contributed by atoms with Crippen LogP contribution in [0.5, 0.6) is 0 Å². The van der Waals surface area contributed by atoms with E-state index in [-0.39, 0.29) is 4.90 Å². The normalized spacial score (nSPS) is 17.0. The van der Waals surface area contributed by atoms with Crippen LogP contribution in [-0.4, -0.2) is 31.5 Å². The topological polar surface area (TPSA) is 89.5 Å². The fraction of sp³-hybridized carbons (Fsp3) is 0.100. The van der Waals surface area contributed by atoms with Gasteiger partial charge in [-0.25, -0.2) is 4.79 Å². The summed E-state index contributed by atoms with van der Waals surface area (Å²) < 4.78 is 32.8. The number of pyridine rings is 2. The number of carbonyl (C=O) groups is 1. The second kappa shape index (κ2) is 9.09. The summed E-state index contributed by atoms with van der Waals surface area (Å²) in [6.07, 6.45) is 5.03. The lowest BCUT2D eigenvalue weighted by Crippen LogP contribution is -2.52. The molecule has 2 aromatic heterocycles. The van der Waals surface area contributed by atoms with Crippen LogP contribution in [0.1, 0.15) is 11.1 Å². The van der Waals surface area contributed by atoms with Crippen molar-refractivity contribution in [2.45, 2.75) is 18.7 Å². The van der Waals surface area contributed by atoms with Crippen molar-refractivity contribution in [3.8, 4) is 11.1 Å². The van der Waals surface area contributed by atoms with Crippen LogP contribution in [0.15, 0.2) is 102 Å². The Hall–Kier alpha value is -4.44. The molecule has 8 nitrogen and oxygen atoms in total. The number of amides is 2. The molecular formula is C30H25N4O4S+. The molecule has 9 heteroatoms. The SMILES string of the molecule is Cc1ccc(S(=O)(=O)O[N+]2(c3ccccc3C)C(=O)N(C)c3cnc4ccc(-c5cccnc5)cc4c32)cc1. The highest BCUT2D eigenvalue weighted by Gasteiger charge is 2.60. The minimum absolute atomic E-state index is 0.0440. The fourth-order valence-corrected chi connectivity index (χ4v) is 6.08. The molecule has 0 bridgehead atoms. The summed E-state index contributed by atoms with van der Waals surface area (Å²) in [5.74, 6) is 0. The largest absolute Gasteiger partial charge is 0.468 e. The first-order valence-corrected chi connectivity index (χ1v) is 13.7. The second-order valence-corrected chi connectivity index (χ2v) is 11.1. The lowest BCUT2D eigenvalue weighted by atomic mass is 10.0. The molecule has 1 aliphatic heterocycles. The molecule has 0 fully saturated rings. The van der Waals surface area contributed by atoms with Gasteiger partial charge in [0.1, 0.15) is 5.69 Å². The van der Waals surface area contributed by atoms with Crippen molar-refractivity contribution in [3.05, 3.63) is 109 Å². The van der Waals surface area contributed by atoms with Gasteiger partial charge in [0, 0.05) is 36.6 Å². The number of aryl methyl sites for hydroxylation is 2. The molecule has 0 radical (unpaired) electrons. The highest BCUT2D eigenvalue weighted by molar-refractivity contribution is 7.86. The first-order chi connectivity index (χ1) is 18.7. The number of rotatable bonds is 5. The maximum atomic E-state index is 14.3. The molecular weight excluding hydrogens is 512 g/mol. The zero-order chi connectivity index (χ0) is 27.4. The first-order valence-electron chi connectivity index (χ1n) is 12.3. The highest BCUT2D eigenvalue weighted by atomic mass is 32.2. The number of aromatic nitrogens is 2. The Morgan fingerprint density at radius 1 is 0.872 bits per heavy atom. The van der Waals surface area contributed by atoms with E-state index in [1.54, 1.807) is 49.9 Å². The van der Waals surface area contributed by atoms with Crippen LogP contribution in [0.4, 0.5) is 21.9 Å². The Kier molecular flexibility index (Phi) is 5.80. The number of hydroxylamine groups is 1. The van der Waals surface area contributed by atoms with E-state index in [1.165, 1.54) is 17.0 Å². The predicted molar refractivity (Wildman–Crippen MR) is 151 cm³/mol. The Bertz CT molecular complexity index is 1860. The quantitative estimate of drug-likeness (QED) is 0.240. The van der Waals surface area contributed by atoms with Crippen LogP contribution >= 0.6 is 0 Å². The summed E-state index contributed by atoms with van der Waals surface area (Å²) in [5, 5.41) is 0.592. The number of urea groups is 1. The summed E-state index contributed by atoms with van der Waals surface area (Å²) >= 11 is 0.